The largest absolute Gasteiger partial charge is 0.384 e. The molecule has 17 heavy (non-hydrogen) atoms. The zero-order valence-electron chi connectivity index (χ0n) is 10.1. The Morgan fingerprint density at radius 3 is 2.24 bits per heavy atom. The average Bonchev–Trinajstić information content (AvgIpc) is 2.60. The predicted molar refractivity (Wildman–Crippen MR) is 67.5 cm³/mol. The molecule has 0 aromatic carbocycles. The van der Waals surface area contributed by atoms with Crippen LogP contribution >= 0.6 is 0 Å². The van der Waals surface area contributed by atoms with Crippen LogP contribution < -0.4 is 11.1 Å². The summed E-state index contributed by atoms with van der Waals surface area (Å²) in [6.45, 7) is 0. The van der Waals surface area contributed by atoms with E-state index in [4.69, 9.17) is 5.73 Å². The predicted octanol–water partition coefficient (Wildman–Crippen LogP) is 2.37. The van der Waals surface area contributed by atoms with Crippen LogP contribution in [0.4, 0.5) is 11.6 Å². The van der Waals surface area contributed by atoms with Crippen molar-refractivity contribution < 1.29 is 0 Å². The van der Waals surface area contributed by atoms with Crippen LogP contribution in [0.2, 0.25) is 0 Å². The van der Waals surface area contributed by atoms with Gasteiger partial charge in [-0.05, 0) is 56.3 Å². The van der Waals surface area contributed by atoms with E-state index in [1.165, 1.54) is 38.5 Å². The molecule has 4 N–H and O–H groups in total. The molecule has 4 aliphatic carbocycles. The smallest absolute Gasteiger partial charge is 0.150 e. The van der Waals surface area contributed by atoms with Gasteiger partial charge in [0.2, 0.25) is 0 Å². The van der Waals surface area contributed by atoms with Crippen LogP contribution in [-0.4, -0.2) is 15.7 Å². The summed E-state index contributed by atoms with van der Waals surface area (Å²) >= 11 is 0. The van der Waals surface area contributed by atoms with Crippen molar-refractivity contribution in [3.8, 4) is 0 Å². The first-order valence-corrected chi connectivity index (χ1v) is 6.80. The normalized spacial score (nSPS) is 42.9. The lowest BCUT2D eigenvalue weighted by Gasteiger charge is -2.57. The highest BCUT2D eigenvalue weighted by Crippen LogP contribution is 2.56. The van der Waals surface area contributed by atoms with Gasteiger partial charge in [0.05, 0.1) is 0 Å². The molecule has 1 aromatic rings. The molecule has 0 saturated heterocycles. The first kappa shape index (κ1) is 9.80. The van der Waals surface area contributed by atoms with Crippen molar-refractivity contribution in [1.29, 1.82) is 0 Å². The first-order chi connectivity index (χ1) is 8.21. The SMILES string of the molecule is Nc1cc(NC23CC4CC(CC(C4)C2)C3)n[nH]1. The number of nitrogens with one attached hydrogen (secondary N) is 2. The number of nitrogens with zero attached hydrogens (tertiary/aromatic N) is 1. The highest BCUT2D eigenvalue weighted by atomic mass is 15.2. The topological polar surface area (TPSA) is 66.7 Å². The van der Waals surface area contributed by atoms with Crippen LogP contribution in [0.5, 0.6) is 0 Å². The Kier molecular flexibility index (Phi) is 1.83. The second kappa shape index (κ2) is 3.18. The Morgan fingerprint density at radius 1 is 1.18 bits per heavy atom. The minimum atomic E-state index is 0.330. The Morgan fingerprint density at radius 2 is 1.76 bits per heavy atom. The molecule has 5 rings (SSSR count). The monoisotopic (exact) mass is 232 g/mol. The van der Waals surface area contributed by atoms with Gasteiger partial charge in [0, 0.05) is 11.6 Å². The molecule has 4 aliphatic rings. The van der Waals surface area contributed by atoms with Gasteiger partial charge in [-0.2, -0.15) is 5.10 Å². The third kappa shape index (κ3) is 1.53. The van der Waals surface area contributed by atoms with Crippen LogP contribution in [0.15, 0.2) is 6.07 Å². The van der Waals surface area contributed by atoms with E-state index < -0.39 is 0 Å². The van der Waals surface area contributed by atoms with Crippen molar-refractivity contribution in [3.63, 3.8) is 0 Å². The molecule has 4 saturated carbocycles. The van der Waals surface area contributed by atoms with Crippen molar-refractivity contribution in [3.05, 3.63) is 6.07 Å². The Hall–Kier alpha value is -1.19. The van der Waals surface area contributed by atoms with E-state index in [-0.39, 0.29) is 0 Å². The zero-order valence-corrected chi connectivity index (χ0v) is 10.1. The fraction of sp³-hybridized carbons (Fsp3) is 0.769. The molecule has 0 aliphatic heterocycles. The maximum atomic E-state index is 5.69. The van der Waals surface area contributed by atoms with E-state index in [1.54, 1.807) is 0 Å². The lowest BCUT2D eigenvalue weighted by molar-refractivity contribution is 0.0105. The molecule has 4 bridgehead atoms. The molecule has 0 atom stereocenters. The number of H-pyrrole nitrogens is 1. The Labute approximate surface area is 101 Å². The Balaban J connectivity index is 1.60. The summed E-state index contributed by atoms with van der Waals surface area (Å²) in [6, 6.07) is 1.92. The van der Waals surface area contributed by atoms with E-state index in [2.05, 4.69) is 15.5 Å². The summed E-state index contributed by atoms with van der Waals surface area (Å²) in [7, 11) is 0. The quantitative estimate of drug-likeness (QED) is 0.733. The lowest BCUT2D eigenvalue weighted by Crippen LogP contribution is -2.54. The van der Waals surface area contributed by atoms with E-state index in [9.17, 15) is 0 Å². The minimum Gasteiger partial charge on any atom is -0.384 e. The standard InChI is InChI=1S/C13H20N4/c14-11-4-12(17-16-11)15-13-5-8-1-9(6-13)3-10(2-8)7-13/h4,8-10H,1-3,5-7H2,(H4,14,15,16,17). The van der Waals surface area contributed by atoms with Crippen LogP contribution in [-0.2, 0) is 0 Å². The van der Waals surface area contributed by atoms with E-state index in [1.807, 2.05) is 6.07 Å². The highest BCUT2D eigenvalue weighted by molar-refractivity contribution is 5.46. The van der Waals surface area contributed by atoms with Gasteiger partial charge < -0.3 is 11.1 Å². The molecule has 4 fully saturated rings. The number of rotatable bonds is 2. The molecule has 1 aromatic heterocycles. The second-order valence-electron chi connectivity index (χ2n) is 6.53. The van der Waals surface area contributed by atoms with Crippen LogP contribution in [0, 0.1) is 17.8 Å². The molecule has 4 nitrogen and oxygen atoms in total. The Bertz CT molecular complexity index is 401. The minimum absolute atomic E-state index is 0.330. The van der Waals surface area contributed by atoms with Gasteiger partial charge in [-0.1, -0.05) is 0 Å². The van der Waals surface area contributed by atoms with E-state index >= 15 is 0 Å². The first-order valence-electron chi connectivity index (χ1n) is 6.80. The number of hydrogen-bond donors (Lipinski definition) is 3. The average molecular weight is 232 g/mol. The van der Waals surface area contributed by atoms with Gasteiger partial charge in [-0.25, -0.2) is 0 Å². The van der Waals surface area contributed by atoms with Gasteiger partial charge in [0.25, 0.3) is 0 Å². The van der Waals surface area contributed by atoms with Crippen molar-refractivity contribution in [2.24, 2.45) is 17.8 Å². The van der Waals surface area contributed by atoms with Gasteiger partial charge in [-0.15, -0.1) is 0 Å². The number of aromatic amines is 1. The van der Waals surface area contributed by atoms with Crippen LogP contribution in [0.1, 0.15) is 38.5 Å². The van der Waals surface area contributed by atoms with Gasteiger partial charge in [0.1, 0.15) is 11.6 Å². The van der Waals surface area contributed by atoms with Gasteiger partial charge in [0.15, 0.2) is 0 Å². The zero-order chi connectivity index (χ0) is 11.5. The highest BCUT2D eigenvalue weighted by Gasteiger charge is 2.51. The summed E-state index contributed by atoms with van der Waals surface area (Å²) in [5.41, 5.74) is 6.02. The van der Waals surface area contributed by atoms with E-state index in [0.717, 1.165) is 23.6 Å². The number of nitrogens with two attached hydrogens (primary N) is 1. The molecule has 0 unspecified atom stereocenters. The van der Waals surface area contributed by atoms with Crippen molar-refractivity contribution in [2.45, 2.75) is 44.1 Å². The molecular formula is C13H20N4. The summed E-state index contributed by atoms with van der Waals surface area (Å²) in [6.07, 6.45) is 8.44. The molecule has 0 spiro atoms. The summed E-state index contributed by atoms with van der Waals surface area (Å²) < 4.78 is 0. The maximum Gasteiger partial charge on any atom is 0.150 e. The van der Waals surface area contributed by atoms with Gasteiger partial charge in [-0.3, -0.25) is 5.10 Å². The van der Waals surface area contributed by atoms with E-state index in [0.29, 0.717) is 11.4 Å². The molecule has 4 heteroatoms. The third-order valence-corrected chi connectivity index (χ3v) is 5.03. The number of nitrogen functional groups attached to an aromatic ring is 1. The lowest BCUT2D eigenvalue weighted by atomic mass is 9.53. The fourth-order valence-electron chi connectivity index (χ4n) is 4.94. The summed E-state index contributed by atoms with van der Waals surface area (Å²) in [5.74, 6) is 4.47. The number of anilines is 2. The number of hydrogen-bond acceptors (Lipinski definition) is 3. The second-order valence-corrected chi connectivity index (χ2v) is 6.53. The van der Waals surface area contributed by atoms with Crippen molar-refractivity contribution >= 4 is 11.6 Å². The molecular weight excluding hydrogens is 212 g/mol. The molecule has 1 heterocycles. The fourth-order valence-corrected chi connectivity index (χ4v) is 4.94. The third-order valence-electron chi connectivity index (χ3n) is 5.03. The molecule has 0 amide bonds. The van der Waals surface area contributed by atoms with Crippen LogP contribution in [0.25, 0.3) is 0 Å². The number of aromatic nitrogens is 2. The van der Waals surface area contributed by atoms with Crippen molar-refractivity contribution in [2.75, 3.05) is 11.1 Å². The van der Waals surface area contributed by atoms with Crippen molar-refractivity contribution in [1.82, 2.24) is 10.2 Å². The molecule has 92 valence electrons. The summed E-state index contributed by atoms with van der Waals surface area (Å²) in [5, 5.41) is 10.7. The maximum absolute atomic E-state index is 5.69. The summed E-state index contributed by atoms with van der Waals surface area (Å²) in [4.78, 5) is 0. The van der Waals surface area contributed by atoms with Crippen LogP contribution in [0.3, 0.4) is 0 Å². The van der Waals surface area contributed by atoms with Gasteiger partial charge >= 0.3 is 0 Å². The molecule has 0 radical (unpaired) electrons.